The number of anilines is 2. The average Bonchev–Trinajstić information content (AvgIpc) is 3.17. The van der Waals surface area contributed by atoms with E-state index in [0.717, 1.165) is 22.7 Å². The topological polar surface area (TPSA) is 86.3 Å². The van der Waals surface area contributed by atoms with E-state index in [1.54, 1.807) is 19.1 Å². The quantitative estimate of drug-likeness (QED) is 0.372. The number of rotatable bonds is 9. The van der Waals surface area contributed by atoms with Gasteiger partial charge >= 0.3 is 5.97 Å². The second-order valence-electron chi connectivity index (χ2n) is 7.46. The summed E-state index contributed by atoms with van der Waals surface area (Å²) in [6.07, 6.45) is 3.16. The molecule has 1 N–H and O–H groups in total. The zero-order valence-corrected chi connectivity index (χ0v) is 21.1. The SMILES string of the molecule is CCOc1ccccc1NC(=O)c1sc(N(OCC)C2C=CC(C)=C(C)O2)c(C(=O)OC)c1C. The minimum atomic E-state index is -0.611. The maximum atomic E-state index is 13.3. The molecule has 8 nitrogen and oxygen atoms in total. The van der Waals surface area contributed by atoms with Crippen LogP contribution in [-0.4, -0.2) is 38.4 Å². The van der Waals surface area contributed by atoms with Crippen LogP contribution in [-0.2, 0) is 14.3 Å². The van der Waals surface area contributed by atoms with Crippen molar-refractivity contribution in [3.8, 4) is 5.75 Å². The van der Waals surface area contributed by atoms with Gasteiger partial charge in [-0.2, -0.15) is 5.06 Å². The minimum Gasteiger partial charge on any atom is -0.492 e. The van der Waals surface area contributed by atoms with Crippen molar-refractivity contribution < 1.29 is 28.6 Å². The normalized spacial score (nSPS) is 15.1. The van der Waals surface area contributed by atoms with Gasteiger partial charge in [0.05, 0.1) is 36.6 Å². The van der Waals surface area contributed by atoms with Gasteiger partial charge in [0.2, 0.25) is 6.23 Å². The van der Waals surface area contributed by atoms with Crippen LogP contribution in [0.1, 0.15) is 53.3 Å². The largest absolute Gasteiger partial charge is 0.492 e. The molecule has 182 valence electrons. The van der Waals surface area contributed by atoms with Crippen molar-refractivity contribution in [3.05, 3.63) is 63.8 Å². The van der Waals surface area contributed by atoms with E-state index in [0.29, 0.717) is 40.1 Å². The third-order valence-corrected chi connectivity index (χ3v) is 6.50. The number of methoxy groups -OCH3 is 1. The van der Waals surface area contributed by atoms with Crippen LogP contribution in [0, 0.1) is 6.92 Å². The molecule has 1 aromatic heterocycles. The summed E-state index contributed by atoms with van der Waals surface area (Å²) in [4.78, 5) is 32.3. The molecule has 1 aliphatic rings. The standard InChI is InChI=1S/C25H30N2O6S/c1-7-31-19-12-10-9-11-18(19)26-23(28)22-16(4)21(25(29)30-6)24(34-22)27(32-8-2)20-14-13-15(3)17(5)33-20/h9-14,20H,7-8H2,1-6H3,(H,26,28). The lowest BCUT2D eigenvalue weighted by atomic mass is 10.1. The molecule has 1 aliphatic heterocycles. The van der Waals surface area contributed by atoms with Crippen molar-refractivity contribution >= 4 is 33.9 Å². The van der Waals surface area contributed by atoms with Crippen LogP contribution < -0.4 is 15.1 Å². The molecular weight excluding hydrogens is 456 g/mol. The summed E-state index contributed by atoms with van der Waals surface area (Å²) >= 11 is 1.14. The molecule has 0 saturated heterocycles. The Labute approximate surface area is 203 Å². The van der Waals surface area contributed by atoms with Crippen molar-refractivity contribution in [1.29, 1.82) is 0 Å². The highest BCUT2D eigenvalue weighted by Crippen LogP contribution is 2.39. The van der Waals surface area contributed by atoms with Gasteiger partial charge in [0, 0.05) is 0 Å². The first-order chi connectivity index (χ1) is 16.3. The van der Waals surface area contributed by atoms with E-state index in [1.807, 2.05) is 52.0 Å². The number of amides is 1. The number of carbonyl (C=O) groups is 2. The average molecular weight is 487 g/mol. The summed E-state index contributed by atoms with van der Waals surface area (Å²) in [6, 6.07) is 7.19. The second-order valence-corrected chi connectivity index (χ2v) is 8.46. The van der Waals surface area contributed by atoms with Gasteiger partial charge < -0.3 is 19.5 Å². The molecule has 0 radical (unpaired) electrons. The maximum absolute atomic E-state index is 13.3. The minimum absolute atomic E-state index is 0.255. The van der Waals surface area contributed by atoms with Gasteiger partial charge in [-0.25, -0.2) is 4.79 Å². The molecule has 1 atom stereocenters. The van der Waals surface area contributed by atoms with Crippen molar-refractivity contribution in [2.75, 3.05) is 30.7 Å². The third-order valence-electron chi connectivity index (χ3n) is 5.22. The van der Waals surface area contributed by atoms with Crippen LogP contribution in [0.5, 0.6) is 5.75 Å². The Morgan fingerprint density at radius 3 is 2.53 bits per heavy atom. The lowest BCUT2D eigenvalue weighted by molar-refractivity contribution is 0.0159. The molecule has 1 unspecified atom stereocenters. The van der Waals surface area contributed by atoms with Crippen molar-refractivity contribution in [1.82, 2.24) is 0 Å². The summed E-state index contributed by atoms with van der Waals surface area (Å²) in [5.74, 6) is 0.380. The second kappa shape index (κ2) is 11.2. The van der Waals surface area contributed by atoms with E-state index in [-0.39, 0.29) is 11.5 Å². The Bertz CT molecular complexity index is 1120. The van der Waals surface area contributed by atoms with E-state index in [1.165, 1.54) is 12.2 Å². The number of benzene rings is 1. The predicted molar refractivity (Wildman–Crippen MR) is 132 cm³/mol. The Hall–Kier alpha value is -3.30. The van der Waals surface area contributed by atoms with E-state index >= 15 is 0 Å². The monoisotopic (exact) mass is 486 g/mol. The number of esters is 1. The number of nitrogens with zero attached hydrogens (tertiary/aromatic N) is 1. The summed E-state index contributed by atoms with van der Waals surface area (Å²) in [5.41, 5.74) is 2.28. The molecule has 0 fully saturated rings. The molecule has 0 spiro atoms. The molecule has 9 heteroatoms. The molecule has 0 aliphatic carbocycles. The number of hydrogen-bond acceptors (Lipinski definition) is 8. The number of carbonyl (C=O) groups excluding carboxylic acids is 2. The smallest absolute Gasteiger partial charge is 0.341 e. The third kappa shape index (κ3) is 5.26. The molecule has 0 bridgehead atoms. The number of hydrogen-bond donors (Lipinski definition) is 1. The highest BCUT2D eigenvalue weighted by Gasteiger charge is 2.33. The van der Waals surface area contributed by atoms with Gasteiger partial charge in [-0.1, -0.05) is 18.2 Å². The van der Waals surface area contributed by atoms with Gasteiger partial charge in [0.1, 0.15) is 16.3 Å². The number of hydroxylamine groups is 1. The number of allylic oxidation sites excluding steroid dienone is 3. The first-order valence-electron chi connectivity index (χ1n) is 11.0. The molecule has 1 aromatic carbocycles. The van der Waals surface area contributed by atoms with E-state index in [2.05, 4.69) is 5.32 Å². The molecule has 2 heterocycles. The van der Waals surface area contributed by atoms with Gasteiger partial charge in [-0.3, -0.25) is 9.63 Å². The fourth-order valence-electron chi connectivity index (χ4n) is 3.41. The van der Waals surface area contributed by atoms with Crippen molar-refractivity contribution in [3.63, 3.8) is 0 Å². The zero-order valence-electron chi connectivity index (χ0n) is 20.3. The summed E-state index contributed by atoms with van der Waals surface area (Å²) in [6.45, 7) is 10.0. The Kier molecular flexibility index (Phi) is 8.36. The van der Waals surface area contributed by atoms with E-state index < -0.39 is 12.2 Å². The van der Waals surface area contributed by atoms with Crippen LogP contribution in [0.4, 0.5) is 10.7 Å². The van der Waals surface area contributed by atoms with Gasteiger partial charge in [-0.15, -0.1) is 11.3 Å². The Morgan fingerprint density at radius 1 is 1.15 bits per heavy atom. The lowest BCUT2D eigenvalue weighted by Gasteiger charge is -2.32. The van der Waals surface area contributed by atoms with Gasteiger partial charge in [-0.05, 0) is 64.0 Å². The number of para-hydroxylation sites is 2. The molecule has 2 aromatic rings. The van der Waals surface area contributed by atoms with Crippen LogP contribution in [0.15, 0.2) is 47.7 Å². The Morgan fingerprint density at radius 2 is 1.88 bits per heavy atom. The first-order valence-corrected chi connectivity index (χ1v) is 11.8. The predicted octanol–water partition coefficient (Wildman–Crippen LogP) is 5.46. The van der Waals surface area contributed by atoms with Crippen molar-refractivity contribution in [2.24, 2.45) is 0 Å². The highest BCUT2D eigenvalue weighted by molar-refractivity contribution is 7.18. The zero-order chi connectivity index (χ0) is 24.8. The molecule has 1 amide bonds. The fraction of sp³-hybridized carbons (Fsp3) is 0.360. The van der Waals surface area contributed by atoms with Gasteiger partial charge in [0.25, 0.3) is 5.91 Å². The lowest BCUT2D eigenvalue weighted by Crippen LogP contribution is -2.37. The summed E-state index contributed by atoms with van der Waals surface area (Å²) < 4.78 is 16.7. The van der Waals surface area contributed by atoms with Crippen LogP contribution in [0.3, 0.4) is 0 Å². The maximum Gasteiger partial charge on any atom is 0.341 e. The van der Waals surface area contributed by atoms with Crippen LogP contribution in [0.2, 0.25) is 0 Å². The molecule has 0 saturated carbocycles. The fourth-order valence-corrected chi connectivity index (χ4v) is 4.59. The Balaban J connectivity index is 2.03. The number of nitrogens with one attached hydrogen (secondary N) is 1. The van der Waals surface area contributed by atoms with Crippen LogP contribution in [0.25, 0.3) is 0 Å². The van der Waals surface area contributed by atoms with E-state index in [9.17, 15) is 9.59 Å². The number of ether oxygens (including phenoxy) is 3. The summed E-state index contributed by atoms with van der Waals surface area (Å²) in [7, 11) is 1.31. The number of thiophene rings is 1. The van der Waals surface area contributed by atoms with Crippen molar-refractivity contribution in [2.45, 2.75) is 40.8 Å². The summed E-state index contributed by atoms with van der Waals surface area (Å²) in [5, 5.41) is 4.84. The van der Waals surface area contributed by atoms with E-state index in [4.69, 9.17) is 19.0 Å². The van der Waals surface area contributed by atoms with Gasteiger partial charge in [0.15, 0.2) is 0 Å². The highest BCUT2D eigenvalue weighted by atomic mass is 32.1. The molecule has 3 rings (SSSR count). The van der Waals surface area contributed by atoms with Crippen LogP contribution >= 0.6 is 11.3 Å². The molecular formula is C25H30N2O6S. The molecule has 34 heavy (non-hydrogen) atoms. The first kappa shape index (κ1) is 25.3.